The van der Waals surface area contributed by atoms with E-state index in [2.05, 4.69) is 34.4 Å². The third-order valence-corrected chi connectivity index (χ3v) is 3.23. The lowest BCUT2D eigenvalue weighted by molar-refractivity contribution is 0.102. The Kier molecular flexibility index (Phi) is 5.50. The smallest absolute Gasteiger partial charge is 0.274 e. The summed E-state index contributed by atoms with van der Waals surface area (Å²) in [4.78, 5) is 20.7. The molecule has 0 aliphatic heterocycles. The first-order valence-electron chi connectivity index (χ1n) is 7.21. The summed E-state index contributed by atoms with van der Waals surface area (Å²) in [6.07, 6.45) is 0. The van der Waals surface area contributed by atoms with Gasteiger partial charge in [-0.05, 0) is 31.0 Å². The van der Waals surface area contributed by atoms with Crippen LogP contribution >= 0.6 is 11.6 Å². The van der Waals surface area contributed by atoms with E-state index in [1.165, 1.54) is 18.2 Å². The van der Waals surface area contributed by atoms with Gasteiger partial charge in [0, 0.05) is 18.3 Å². The minimum Gasteiger partial charge on any atom is -0.370 e. The number of carbonyl (C=O) groups is 1. The quantitative estimate of drug-likeness (QED) is 0.869. The van der Waals surface area contributed by atoms with E-state index in [1.54, 1.807) is 13.0 Å². The summed E-state index contributed by atoms with van der Waals surface area (Å²) >= 11 is 5.70. The zero-order valence-corrected chi connectivity index (χ0v) is 13.9. The number of aryl methyl sites for hydroxylation is 1. The highest BCUT2D eigenvalue weighted by Crippen LogP contribution is 2.20. The van der Waals surface area contributed by atoms with Crippen LogP contribution < -0.4 is 10.6 Å². The molecule has 2 N–H and O–H groups in total. The molecule has 0 saturated heterocycles. The topological polar surface area (TPSA) is 66.9 Å². The lowest BCUT2D eigenvalue weighted by Crippen LogP contribution is -2.17. The molecule has 0 fully saturated rings. The molecule has 0 aliphatic carbocycles. The van der Waals surface area contributed by atoms with E-state index in [1.807, 2.05) is 0 Å². The number of hydrogen-bond donors (Lipinski definition) is 2. The third kappa shape index (κ3) is 4.89. The lowest BCUT2D eigenvalue weighted by atomic mass is 10.2. The minimum absolute atomic E-state index is 0.0547. The van der Waals surface area contributed by atoms with Crippen LogP contribution in [0.1, 0.15) is 30.2 Å². The van der Waals surface area contributed by atoms with Gasteiger partial charge in [0.15, 0.2) is 0 Å². The SMILES string of the molecule is Cc1nc(NCC(C)C)cc(C(=O)Nc2ccc(F)c(Cl)c2)n1. The van der Waals surface area contributed by atoms with Crippen LogP contribution in [0.3, 0.4) is 0 Å². The number of nitrogens with zero attached hydrogens (tertiary/aromatic N) is 2. The zero-order valence-electron chi connectivity index (χ0n) is 13.2. The molecule has 0 saturated carbocycles. The molecule has 0 atom stereocenters. The zero-order chi connectivity index (χ0) is 17.0. The first kappa shape index (κ1) is 17.1. The van der Waals surface area contributed by atoms with Crippen LogP contribution in [0.4, 0.5) is 15.9 Å². The highest BCUT2D eigenvalue weighted by Gasteiger charge is 2.12. The van der Waals surface area contributed by atoms with E-state index in [0.717, 1.165) is 6.54 Å². The maximum absolute atomic E-state index is 13.1. The summed E-state index contributed by atoms with van der Waals surface area (Å²) in [6, 6.07) is 5.56. The fourth-order valence-electron chi connectivity index (χ4n) is 1.85. The van der Waals surface area contributed by atoms with Crippen molar-refractivity contribution in [2.45, 2.75) is 20.8 Å². The molecule has 0 aliphatic rings. The van der Waals surface area contributed by atoms with Crippen LogP contribution in [0.15, 0.2) is 24.3 Å². The molecule has 0 spiro atoms. The highest BCUT2D eigenvalue weighted by molar-refractivity contribution is 6.31. The summed E-state index contributed by atoms with van der Waals surface area (Å²) < 4.78 is 13.1. The Bertz CT molecular complexity index is 721. The van der Waals surface area contributed by atoms with Gasteiger partial charge in [0.25, 0.3) is 5.91 Å². The molecule has 23 heavy (non-hydrogen) atoms. The Balaban J connectivity index is 2.16. The van der Waals surface area contributed by atoms with Crippen molar-refractivity contribution < 1.29 is 9.18 Å². The lowest BCUT2D eigenvalue weighted by Gasteiger charge is -2.10. The molecule has 0 unspecified atom stereocenters. The maximum atomic E-state index is 13.1. The van der Waals surface area contributed by atoms with Crippen LogP contribution in [0.25, 0.3) is 0 Å². The molecule has 1 heterocycles. The van der Waals surface area contributed by atoms with Gasteiger partial charge in [-0.2, -0.15) is 0 Å². The number of aromatic nitrogens is 2. The van der Waals surface area contributed by atoms with Gasteiger partial charge in [-0.3, -0.25) is 4.79 Å². The Hall–Kier alpha value is -2.21. The van der Waals surface area contributed by atoms with Crippen molar-refractivity contribution >= 4 is 29.0 Å². The maximum Gasteiger partial charge on any atom is 0.274 e. The number of carbonyl (C=O) groups excluding carboxylic acids is 1. The molecule has 5 nitrogen and oxygen atoms in total. The molecule has 122 valence electrons. The minimum atomic E-state index is -0.539. The van der Waals surface area contributed by atoms with Crippen molar-refractivity contribution in [2.75, 3.05) is 17.2 Å². The number of nitrogens with one attached hydrogen (secondary N) is 2. The summed E-state index contributed by atoms with van der Waals surface area (Å²) in [6.45, 7) is 6.61. The van der Waals surface area contributed by atoms with Crippen LogP contribution in [0, 0.1) is 18.7 Å². The second kappa shape index (κ2) is 7.37. The van der Waals surface area contributed by atoms with E-state index in [-0.39, 0.29) is 10.7 Å². The second-order valence-electron chi connectivity index (χ2n) is 5.54. The number of benzene rings is 1. The van der Waals surface area contributed by atoms with E-state index in [9.17, 15) is 9.18 Å². The standard InChI is InChI=1S/C16H18ClFN4O/c1-9(2)8-19-15-7-14(20-10(3)21-15)16(23)22-11-4-5-13(18)12(17)6-11/h4-7,9H,8H2,1-3H3,(H,22,23)(H,19,20,21). The number of amides is 1. The Morgan fingerprint density at radius 2 is 2.04 bits per heavy atom. The van der Waals surface area contributed by atoms with Gasteiger partial charge < -0.3 is 10.6 Å². The average molecular weight is 337 g/mol. The first-order chi connectivity index (χ1) is 10.8. The number of rotatable bonds is 5. The van der Waals surface area contributed by atoms with Crippen LogP contribution in [-0.4, -0.2) is 22.4 Å². The first-order valence-corrected chi connectivity index (χ1v) is 7.59. The molecule has 1 aromatic heterocycles. The second-order valence-corrected chi connectivity index (χ2v) is 5.95. The van der Waals surface area contributed by atoms with Gasteiger partial charge in [-0.25, -0.2) is 14.4 Å². The van der Waals surface area contributed by atoms with Gasteiger partial charge in [0.05, 0.1) is 5.02 Å². The fraction of sp³-hybridized carbons (Fsp3) is 0.312. The van der Waals surface area contributed by atoms with Gasteiger partial charge in [0.1, 0.15) is 23.2 Å². The molecule has 0 bridgehead atoms. The number of hydrogen-bond acceptors (Lipinski definition) is 4. The van der Waals surface area contributed by atoms with E-state index in [0.29, 0.717) is 23.2 Å². The molecule has 7 heteroatoms. The predicted molar refractivity (Wildman–Crippen MR) is 89.5 cm³/mol. The molecule has 1 amide bonds. The van der Waals surface area contributed by atoms with Crippen LogP contribution in [0.2, 0.25) is 5.02 Å². The van der Waals surface area contributed by atoms with Crippen molar-refractivity contribution in [3.63, 3.8) is 0 Å². The van der Waals surface area contributed by atoms with Gasteiger partial charge in [-0.1, -0.05) is 25.4 Å². The van der Waals surface area contributed by atoms with Crippen LogP contribution in [-0.2, 0) is 0 Å². The summed E-state index contributed by atoms with van der Waals surface area (Å²) in [5.74, 6) is 0.576. The van der Waals surface area contributed by atoms with E-state index < -0.39 is 11.7 Å². The summed E-state index contributed by atoms with van der Waals surface area (Å²) in [5.41, 5.74) is 0.624. The van der Waals surface area contributed by atoms with Crippen molar-refractivity contribution in [1.29, 1.82) is 0 Å². The molecule has 0 radical (unpaired) electrons. The van der Waals surface area contributed by atoms with Crippen molar-refractivity contribution in [3.05, 3.63) is 46.6 Å². The third-order valence-electron chi connectivity index (χ3n) is 2.94. The molecule has 2 rings (SSSR count). The summed E-state index contributed by atoms with van der Waals surface area (Å²) in [7, 11) is 0. The van der Waals surface area contributed by atoms with Crippen molar-refractivity contribution in [3.8, 4) is 0 Å². The monoisotopic (exact) mass is 336 g/mol. The normalized spacial score (nSPS) is 10.7. The Morgan fingerprint density at radius 1 is 1.30 bits per heavy atom. The number of anilines is 2. The molecule has 2 aromatic rings. The van der Waals surface area contributed by atoms with Gasteiger partial charge >= 0.3 is 0 Å². The number of halogens is 2. The Morgan fingerprint density at radius 3 is 2.70 bits per heavy atom. The van der Waals surface area contributed by atoms with Crippen LogP contribution in [0.5, 0.6) is 0 Å². The highest BCUT2D eigenvalue weighted by atomic mass is 35.5. The van der Waals surface area contributed by atoms with Gasteiger partial charge in [-0.15, -0.1) is 0 Å². The molecule has 1 aromatic carbocycles. The molecular formula is C16H18ClFN4O. The van der Waals surface area contributed by atoms with E-state index in [4.69, 9.17) is 11.6 Å². The predicted octanol–water partition coefficient (Wildman–Crippen LogP) is 3.90. The largest absolute Gasteiger partial charge is 0.370 e. The van der Waals surface area contributed by atoms with Crippen molar-refractivity contribution in [2.24, 2.45) is 5.92 Å². The average Bonchev–Trinajstić information content (AvgIpc) is 2.48. The van der Waals surface area contributed by atoms with E-state index >= 15 is 0 Å². The van der Waals surface area contributed by atoms with Gasteiger partial charge in [0.2, 0.25) is 0 Å². The summed E-state index contributed by atoms with van der Waals surface area (Å²) in [5, 5.41) is 5.74. The fourth-order valence-corrected chi connectivity index (χ4v) is 2.03. The van der Waals surface area contributed by atoms with Crippen molar-refractivity contribution in [1.82, 2.24) is 9.97 Å². The molecular weight excluding hydrogens is 319 g/mol. The Labute approximate surface area is 139 Å².